The molecule has 1 amide bonds. The number of amides is 1. The van der Waals surface area contributed by atoms with Crippen LogP contribution in [-0.2, 0) is 17.9 Å². The maximum Gasteiger partial charge on any atom is 0.258 e. The van der Waals surface area contributed by atoms with E-state index < -0.39 is 0 Å². The maximum absolute atomic E-state index is 12.9. The Bertz CT molecular complexity index is 1230. The molecule has 9 heteroatoms. The van der Waals surface area contributed by atoms with Crippen LogP contribution in [0.25, 0.3) is 22.3 Å². The minimum Gasteiger partial charge on any atom is -0.331 e. The van der Waals surface area contributed by atoms with Crippen molar-refractivity contribution in [2.45, 2.75) is 33.0 Å². The van der Waals surface area contributed by atoms with Gasteiger partial charge in [-0.15, -0.1) is 10.2 Å². The third kappa shape index (κ3) is 4.09. The number of rotatable bonds is 6. The Balaban J connectivity index is 1.53. The first-order chi connectivity index (χ1) is 14.5. The first kappa shape index (κ1) is 19.4. The summed E-state index contributed by atoms with van der Waals surface area (Å²) in [6.45, 7) is 3.93. The first-order valence-corrected chi connectivity index (χ1v) is 9.62. The van der Waals surface area contributed by atoms with E-state index >= 15 is 0 Å². The molecule has 0 aliphatic carbocycles. The van der Waals surface area contributed by atoms with E-state index in [0.29, 0.717) is 22.6 Å². The summed E-state index contributed by atoms with van der Waals surface area (Å²) in [5.41, 5.74) is 1.20. The van der Waals surface area contributed by atoms with E-state index in [1.54, 1.807) is 23.1 Å². The third-order valence-corrected chi connectivity index (χ3v) is 4.69. The normalized spacial score (nSPS) is 11.2. The fraction of sp³-hybridized carbons (Fsp3) is 0.238. The average molecular weight is 403 g/mol. The fourth-order valence-electron chi connectivity index (χ4n) is 3.15. The van der Waals surface area contributed by atoms with Crippen LogP contribution >= 0.6 is 0 Å². The second kappa shape index (κ2) is 8.24. The van der Waals surface area contributed by atoms with Crippen molar-refractivity contribution in [2.24, 2.45) is 0 Å². The number of carbonyl (C=O) groups excluding carboxylic acids is 1. The Kier molecular flexibility index (Phi) is 5.34. The molecule has 0 unspecified atom stereocenters. The molecule has 0 saturated carbocycles. The SMILES string of the molecule is CC(C)N(Cc1nc2ccccc2c(=O)[nH]1)C(=O)Cn1nnc(-c2ccccc2)n1. The van der Waals surface area contributed by atoms with Gasteiger partial charge in [0.1, 0.15) is 12.4 Å². The van der Waals surface area contributed by atoms with Crippen molar-refractivity contribution < 1.29 is 4.79 Å². The van der Waals surface area contributed by atoms with E-state index in [9.17, 15) is 9.59 Å². The zero-order chi connectivity index (χ0) is 21.1. The van der Waals surface area contributed by atoms with E-state index in [4.69, 9.17) is 0 Å². The molecule has 0 radical (unpaired) electrons. The molecule has 4 rings (SSSR count). The van der Waals surface area contributed by atoms with Gasteiger partial charge in [-0.05, 0) is 31.2 Å². The predicted molar refractivity (Wildman–Crippen MR) is 111 cm³/mol. The van der Waals surface area contributed by atoms with Crippen LogP contribution in [0.2, 0.25) is 0 Å². The summed E-state index contributed by atoms with van der Waals surface area (Å²) in [5, 5.41) is 12.8. The first-order valence-electron chi connectivity index (χ1n) is 9.62. The van der Waals surface area contributed by atoms with Crippen LogP contribution in [0.3, 0.4) is 0 Å². The molecule has 0 saturated heterocycles. The van der Waals surface area contributed by atoms with Crippen molar-refractivity contribution in [1.82, 2.24) is 35.1 Å². The van der Waals surface area contributed by atoms with Crippen LogP contribution < -0.4 is 5.56 Å². The van der Waals surface area contributed by atoms with Crippen LogP contribution in [0, 0.1) is 0 Å². The van der Waals surface area contributed by atoms with Gasteiger partial charge >= 0.3 is 0 Å². The Labute approximate surface area is 172 Å². The van der Waals surface area contributed by atoms with Gasteiger partial charge in [-0.3, -0.25) is 9.59 Å². The Morgan fingerprint density at radius 3 is 2.60 bits per heavy atom. The van der Waals surface area contributed by atoms with Gasteiger partial charge in [0.15, 0.2) is 0 Å². The van der Waals surface area contributed by atoms with Gasteiger partial charge in [0, 0.05) is 11.6 Å². The van der Waals surface area contributed by atoms with Crippen molar-refractivity contribution in [1.29, 1.82) is 0 Å². The monoisotopic (exact) mass is 403 g/mol. The molecule has 0 aliphatic heterocycles. The van der Waals surface area contributed by atoms with Crippen LogP contribution in [0.5, 0.6) is 0 Å². The lowest BCUT2D eigenvalue weighted by molar-refractivity contribution is -0.134. The zero-order valence-electron chi connectivity index (χ0n) is 16.7. The Hall–Kier alpha value is -3.88. The summed E-state index contributed by atoms with van der Waals surface area (Å²) in [5.74, 6) is 0.690. The lowest BCUT2D eigenvalue weighted by atomic mass is 10.2. The molecule has 2 aromatic carbocycles. The topological polar surface area (TPSA) is 110 Å². The number of H-pyrrole nitrogens is 1. The number of nitrogens with zero attached hydrogens (tertiary/aromatic N) is 6. The predicted octanol–water partition coefficient (Wildman–Crippen LogP) is 2.01. The zero-order valence-corrected chi connectivity index (χ0v) is 16.7. The number of para-hydroxylation sites is 1. The van der Waals surface area contributed by atoms with Crippen molar-refractivity contribution in [3.63, 3.8) is 0 Å². The van der Waals surface area contributed by atoms with Gasteiger partial charge in [0.25, 0.3) is 5.56 Å². The molecular weight excluding hydrogens is 382 g/mol. The van der Waals surface area contributed by atoms with E-state index in [1.165, 1.54) is 4.80 Å². The van der Waals surface area contributed by atoms with Crippen LogP contribution in [0.1, 0.15) is 19.7 Å². The smallest absolute Gasteiger partial charge is 0.258 e. The molecule has 0 spiro atoms. The van der Waals surface area contributed by atoms with Gasteiger partial charge in [-0.1, -0.05) is 42.5 Å². The highest BCUT2D eigenvalue weighted by Crippen LogP contribution is 2.13. The number of hydrogen-bond donors (Lipinski definition) is 1. The van der Waals surface area contributed by atoms with Crippen molar-refractivity contribution in [2.75, 3.05) is 0 Å². The number of carbonyl (C=O) groups is 1. The van der Waals surface area contributed by atoms with Crippen molar-refractivity contribution >= 4 is 16.8 Å². The number of aromatic nitrogens is 6. The lowest BCUT2D eigenvalue weighted by Crippen LogP contribution is -2.39. The molecule has 0 bridgehead atoms. The minimum absolute atomic E-state index is 0.0597. The summed E-state index contributed by atoms with van der Waals surface area (Å²) < 4.78 is 0. The molecule has 152 valence electrons. The number of fused-ring (bicyclic) bond motifs is 1. The van der Waals surface area contributed by atoms with Gasteiger partial charge in [-0.25, -0.2) is 4.98 Å². The summed E-state index contributed by atoms with van der Waals surface area (Å²) in [4.78, 5) is 35.4. The van der Waals surface area contributed by atoms with E-state index in [1.807, 2.05) is 50.2 Å². The van der Waals surface area contributed by atoms with Gasteiger partial charge in [-0.2, -0.15) is 4.80 Å². The van der Waals surface area contributed by atoms with Crippen molar-refractivity contribution in [3.05, 3.63) is 70.8 Å². The van der Waals surface area contributed by atoms with E-state index in [-0.39, 0.29) is 30.6 Å². The summed E-state index contributed by atoms with van der Waals surface area (Å²) in [6, 6.07) is 16.4. The summed E-state index contributed by atoms with van der Waals surface area (Å²) in [7, 11) is 0. The molecular formula is C21H21N7O2. The molecule has 0 atom stereocenters. The van der Waals surface area contributed by atoms with Crippen LogP contribution in [0.15, 0.2) is 59.4 Å². The average Bonchev–Trinajstić information content (AvgIpc) is 3.21. The highest BCUT2D eigenvalue weighted by Gasteiger charge is 2.20. The standard InChI is InChI=1S/C21H21N7O2/c1-14(2)27(12-18-22-17-11-7-6-10-16(17)21(30)23-18)19(29)13-28-25-20(24-26-28)15-8-4-3-5-9-15/h3-11,14H,12-13H2,1-2H3,(H,22,23,30). The lowest BCUT2D eigenvalue weighted by Gasteiger charge is -2.26. The number of tetrazole rings is 1. The fourth-order valence-corrected chi connectivity index (χ4v) is 3.15. The highest BCUT2D eigenvalue weighted by molar-refractivity contribution is 5.78. The molecule has 2 heterocycles. The van der Waals surface area contributed by atoms with Gasteiger partial charge in [0.05, 0.1) is 17.4 Å². The summed E-state index contributed by atoms with van der Waals surface area (Å²) in [6.07, 6.45) is 0. The summed E-state index contributed by atoms with van der Waals surface area (Å²) >= 11 is 0. The Morgan fingerprint density at radius 2 is 1.83 bits per heavy atom. The van der Waals surface area contributed by atoms with Crippen LogP contribution in [-0.4, -0.2) is 47.0 Å². The van der Waals surface area contributed by atoms with Crippen LogP contribution in [0.4, 0.5) is 0 Å². The molecule has 4 aromatic rings. The second-order valence-corrected chi connectivity index (χ2v) is 7.15. The molecule has 0 aliphatic rings. The molecule has 2 aromatic heterocycles. The van der Waals surface area contributed by atoms with Gasteiger partial charge in [0.2, 0.25) is 11.7 Å². The largest absolute Gasteiger partial charge is 0.331 e. The third-order valence-electron chi connectivity index (χ3n) is 4.69. The number of benzene rings is 2. The minimum atomic E-state index is -0.225. The second-order valence-electron chi connectivity index (χ2n) is 7.15. The molecule has 0 fully saturated rings. The Morgan fingerprint density at radius 1 is 1.10 bits per heavy atom. The van der Waals surface area contributed by atoms with E-state index in [0.717, 1.165) is 5.56 Å². The number of nitrogens with one attached hydrogen (secondary N) is 1. The molecule has 9 nitrogen and oxygen atoms in total. The maximum atomic E-state index is 12.9. The number of hydrogen-bond acceptors (Lipinski definition) is 6. The quantitative estimate of drug-likeness (QED) is 0.527. The number of aromatic amines is 1. The van der Waals surface area contributed by atoms with Gasteiger partial charge < -0.3 is 9.88 Å². The van der Waals surface area contributed by atoms with E-state index in [2.05, 4.69) is 25.4 Å². The molecule has 30 heavy (non-hydrogen) atoms. The highest BCUT2D eigenvalue weighted by atomic mass is 16.2. The molecule has 1 N–H and O–H groups in total. The van der Waals surface area contributed by atoms with Crippen molar-refractivity contribution in [3.8, 4) is 11.4 Å².